The van der Waals surface area contributed by atoms with Crippen molar-refractivity contribution >= 4 is 85.6 Å². The molecule has 8 aromatic carbocycles. The average molecular weight is 655 g/mol. The summed E-state index contributed by atoms with van der Waals surface area (Å²) in [5.74, 6) is 1.89. The van der Waals surface area contributed by atoms with Gasteiger partial charge in [0.25, 0.3) is 0 Å². The lowest BCUT2D eigenvalue weighted by atomic mass is 9.93. The van der Waals surface area contributed by atoms with E-state index in [1.165, 1.54) is 57.9 Å². The minimum Gasteiger partial charge on any atom is -0.278 e. The first kappa shape index (κ1) is 27.5. The van der Waals surface area contributed by atoms with Crippen molar-refractivity contribution in [2.75, 3.05) is 0 Å². The lowest BCUT2D eigenvalue weighted by Crippen LogP contribution is -2.06. The second kappa shape index (κ2) is 10.5. The third-order valence-electron chi connectivity index (χ3n) is 10.0. The van der Waals surface area contributed by atoms with Crippen LogP contribution in [0.3, 0.4) is 0 Å². The van der Waals surface area contributed by atoms with E-state index < -0.39 is 0 Å². The summed E-state index contributed by atoms with van der Waals surface area (Å²) in [6, 6.07) is 56.0. The maximum atomic E-state index is 5.31. The normalized spacial score (nSPS) is 12.0. The van der Waals surface area contributed by atoms with Gasteiger partial charge in [0, 0.05) is 42.1 Å². The highest BCUT2D eigenvalue weighted by atomic mass is 32.1. The van der Waals surface area contributed by atoms with Crippen LogP contribution >= 0.6 is 11.3 Å². The third kappa shape index (κ3) is 3.95. The lowest BCUT2D eigenvalue weighted by molar-refractivity contribution is 0.954. The highest BCUT2D eigenvalue weighted by molar-refractivity contribution is 7.27. The predicted molar refractivity (Wildman–Crippen MR) is 210 cm³/mol. The molecule has 0 bridgehead atoms. The van der Waals surface area contributed by atoms with Crippen LogP contribution in [0.4, 0.5) is 0 Å². The summed E-state index contributed by atoms with van der Waals surface area (Å²) in [6.07, 6.45) is 0. The largest absolute Gasteiger partial charge is 0.278 e. The molecule has 0 atom stereocenters. The van der Waals surface area contributed by atoms with Crippen LogP contribution in [0.15, 0.2) is 158 Å². The number of aromatic nitrogens is 4. The van der Waals surface area contributed by atoms with Crippen LogP contribution in [0.5, 0.6) is 0 Å². The van der Waals surface area contributed by atoms with Gasteiger partial charge in [0.05, 0.1) is 11.0 Å². The summed E-state index contributed by atoms with van der Waals surface area (Å²) in [5.41, 5.74) is 4.06. The zero-order valence-corrected chi connectivity index (χ0v) is 27.5. The fourth-order valence-corrected chi connectivity index (χ4v) is 9.06. The number of nitrogens with zero attached hydrogens (tertiary/aromatic N) is 4. The molecule has 0 amide bonds. The molecule has 0 N–H and O–H groups in total. The summed E-state index contributed by atoms with van der Waals surface area (Å²) >= 11 is 1.88. The highest BCUT2D eigenvalue weighted by Crippen LogP contribution is 2.45. The van der Waals surface area contributed by atoms with E-state index in [0.29, 0.717) is 17.6 Å². The number of thiophene rings is 1. The fourth-order valence-electron chi connectivity index (χ4n) is 7.82. The standard InChI is InChI=1S/C45H26N4S/c1-2-13-28(14-3-1)43-46-44(48-45(47-43)49-37-20-10-8-17-32(37)33-18-9-11-21-38(33)49)36-26-29-23-25-39-41(40(29)34-19-7-6-16-31(34)36)35-24-22-27-12-4-5-15-30(27)42(35)50-39/h1-26H. The number of hydrogen-bond donors (Lipinski definition) is 0. The number of rotatable bonds is 3. The van der Waals surface area contributed by atoms with Gasteiger partial charge in [-0.05, 0) is 56.6 Å². The minimum absolute atomic E-state index is 0.599. The quantitative estimate of drug-likeness (QED) is 0.178. The van der Waals surface area contributed by atoms with Crippen molar-refractivity contribution < 1.29 is 0 Å². The van der Waals surface area contributed by atoms with Crippen molar-refractivity contribution in [3.63, 3.8) is 0 Å². The lowest BCUT2D eigenvalue weighted by Gasteiger charge is -2.14. The monoisotopic (exact) mass is 654 g/mol. The van der Waals surface area contributed by atoms with Crippen molar-refractivity contribution in [1.29, 1.82) is 0 Å². The topological polar surface area (TPSA) is 43.6 Å². The summed E-state index contributed by atoms with van der Waals surface area (Å²) < 4.78 is 4.80. The molecule has 11 rings (SSSR count). The second-order valence-electron chi connectivity index (χ2n) is 12.8. The van der Waals surface area contributed by atoms with E-state index in [2.05, 4.69) is 144 Å². The molecule has 4 nitrogen and oxygen atoms in total. The average Bonchev–Trinajstić information content (AvgIpc) is 3.74. The molecule has 0 aliphatic rings. The van der Waals surface area contributed by atoms with Crippen LogP contribution in [0.2, 0.25) is 0 Å². The molecule has 0 fully saturated rings. The van der Waals surface area contributed by atoms with E-state index >= 15 is 0 Å². The predicted octanol–water partition coefficient (Wildman–Crippen LogP) is 12.1. The van der Waals surface area contributed by atoms with Gasteiger partial charge >= 0.3 is 0 Å². The molecule has 0 aliphatic heterocycles. The third-order valence-corrected chi connectivity index (χ3v) is 11.2. The molecule has 5 heteroatoms. The maximum Gasteiger partial charge on any atom is 0.238 e. The van der Waals surface area contributed by atoms with Gasteiger partial charge in [-0.1, -0.05) is 133 Å². The Bertz CT molecular complexity index is 3100. The fraction of sp³-hybridized carbons (Fsp3) is 0. The molecule has 11 aromatic rings. The van der Waals surface area contributed by atoms with Gasteiger partial charge in [0.15, 0.2) is 11.6 Å². The number of hydrogen-bond acceptors (Lipinski definition) is 4. The van der Waals surface area contributed by atoms with Gasteiger partial charge in [-0.25, -0.2) is 4.98 Å². The smallest absolute Gasteiger partial charge is 0.238 e. The molecule has 0 saturated carbocycles. The van der Waals surface area contributed by atoms with E-state index in [1.807, 2.05) is 29.5 Å². The molecule has 0 unspecified atom stereocenters. The second-order valence-corrected chi connectivity index (χ2v) is 13.8. The first-order valence-electron chi connectivity index (χ1n) is 16.8. The van der Waals surface area contributed by atoms with Gasteiger partial charge < -0.3 is 0 Å². The van der Waals surface area contributed by atoms with E-state index in [1.54, 1.807) is 0 Å². The molecule has 3 aromatic heterocycles. The zero-order valence-electron chi connectivity index (χ0n) is 26.7. The molecular weight excluding hydrogens is 629 g/mol. The van der Waals surface area contributed by atoms with Crippen LogP contribution in [0.1, 0.15) is 0 Å². The first-order valence-corrected chi connectivity index (χ1v) is 17.6. The van der Waals surface area contributed by atoms with E-state index in [-0.39, 0.29) is 0 Å². The van der Waals surface area contributed by atoms with Gasteiger partial charge in [0.2, 0.25) is 5.95 Å². The SMILES string of the molecule is c1ccc(-c2nc(-c3cc4ccc5sc6c7ccccc7ccc6c5c4c4ccccc34)nc(-n3c4ccccc4c4ccccc43)n2)cc1. The molecule has 0 saturated heterocycles. The zero-order chi connectivity index (χ0) is 32.8. The Morgan fingerprint density at radius 1 is 0.420 bits per heavy atom. The Morgan fingerprint density at radius 2 is 1.04 bits per heavy atom. The number of para-hydroxylation sites is 2. The number of benzene rings is 8. The van der Waals surface area contributed by atoms with Crippen LogP contribution in [0.25, 0.3) is 103 Å². The van der Waals surface area contributed by atoms with Gasteiger partial charge in [-0.3, -0.25) is 4.57 Å². The summed E-state index contributed by atoms with van der Waals surface area (Å²) in [7, 11) is 0. The Morgan fingerprint density at radius 3 is 1.82 bits per heavy atom. The maximum absolute atomic E-state index is 5.31. The van der Waals surface area contributed by atoms with Crippen LogP contribution < -0.4 is 0 Å². The van der Waals surface area contributed by atoms with E-state index in [4.69, 9.17) is 15.0 Å². The van der Waals surface area contributed by atoms with Gasteiger partial charge in [-0.2, -0.15) is 9.97 Å². The van der Waals surface area contributed by atoms with Crippen molar-refractivity contribution in [2.45, 2.75) is 0 Å². The molecule has 0 spiro atoms. The molecule has 3 heterocycles. The number of fused-ring (bicyclic) bond motifs is 12. The van der Waals surface area contributed by atoms with Crippen molar-refractivity contribution in [3.8, 4) is 28.7 Å². The highest BCUT2D eigenvalue weighted by Gasteiger charge is 2.20. The summed E-state index contributed by atoms with van der Waals surface area (Å²) in [4.78, 5) is 15.7. The van der Waals surface area contributed by atoms with E-state index in [0.717, 1.165) is 27.5 Å². The molecule has 0 aliphatic carbocycles. The minimum atomic E-state index is 0.599. The van der Waals surface area contributed by atoms with Crippen molar-refractivity contribution in [1.82, 2.24) is 19.5 Å². The first-order chi connectivity index (χ1) is 24.8. The molecular formula is C45H26N4S. The van der Waals surface area contributed by atoms with Gasteiger partial charge in [0.1, 0.15) is 0 Å². The Labute approximate surface area is 290 Å². The molecule has 50 heavy (non-hydrogen) atoms. The molecule has 0 radical (unpaired) electrons. The van der Waals surface area contributed by atoms with Crippen molar-refractivity contribution in [2.24, 2.45) is 0 Å². The van der Waals surface area contributed by atoms with Gasteiger partial charge in [-0.15, -0.1) is 11.3 Å². The van der Waals surface area contributed by atoms with E-state index in [9.17, 15) is 0 Å². The summed E-state index contributed by atoms with van der Waals surface area (Å²) in [5, 5.41) is 12.3. The Hall–Kier alpha value is -6.43. The Balaban J connectivity index is 1.24. The van der Waals surface area contributed by atoms with Crippen LogP contribution in [-0.4, -0.2) is 19.5 Å². The summed E-state index contributed by atoms with van der Waals surface area (Å²) in [6.45, 7) is 0. The van der Waals surface area contributed by atoms with Crippen LogP contribution in [-0.2, 0) is 0 Å². The van der Waals surface area contributed by atoms with Crippen molar-refractivity contribution in [3.05, 3.63) is 158 Å². The van der Waals surface area contributed by atoms with Crippen LogP contribution in [0, 0.1) is 0 Å². The Kier molecular flexibility index (Phi) is 5.80. The molecule has 232 valence electrons.